The van der Waals surface area contributed by atoms with Crippen LogP contribution < -0.4 is 5.32 Å². The lowest BCUT2D eigenvalue weighted by Gasteiger charge is -2.03. The fraction of sp³-hybridized carbons (Fsp3) is 0.0556. The number of para-hydroxylation sites is 2. The van der Waals surface area contributed by atoms with Gasteiger partial charge >= 0.3 is 5.97 Å². The summed E-state index contributed by atoms with van der Waals surface area (Å²) in [4.78, 5) is 18.9. The van der Waals surface area contributed by atoms with E-state index >= 15 is 0 Å². The molecule has 0 aliphatic heterocycles. The number of carbonyl (C=O) groups is 1. The first-order chi connectivity index (χ1) is 11.7. The molecule has 0 spiro atoms. The van der Waals surface area contributed by atoms with Gasteiger partial charge < -0.3 is 15.0 Å². The summed E-state index contributed by atoms with van der Waals surface area (Å²) in [5, 5.41) is 12.4. The molecule has 0 radical (unpaired) electrons. The summed E-state index contributed by atoms with van der Waals surface area (Å²) >= 11 is 0. The molecule has 6 nitrogen and oxygen atoms in total. The van der Waals surface area contributed by atoms with E-state index in [-0.39, 0.29) is 0 Å². The maximum Gasteiger partial charge on any atom is 0.337 e. The number of aromatic nitrogens is 2. The molecule has 0 saturated carbocycles. The van der Waals surface area contributed by atoms with Crippen LogP contribution in [0.4, 0.5) is 5.69 Å². The van der Waals surface area contributed by atoms with E-state index < -0.39 is 5.97 Å². The van der Waals surface area contributed by atoms with Crippen molar-refractivity contribution in [3.05, 3.63) is 66.1 Å². The highest BCUT2D eigenvalue weighted by Crippen LogP contribution is 2.17. The Labute approximate surface area is 138 Å². The van der Waals surface area contributed by atoms with E-state index in [1.165, 1.54) is 7.11 Å². The van der Waals surface area contributed by atoms with E-state index in [1.54, 1.807) is 30.5 Å². The van der Waals surface area contributed by atoms with Crippen LogP contribution in [0.15, 0.2) is 54.7 Å². The van der Waals surface area contributed by atoms with Crippen LogP contribution in [-0.4, -0.2) is 23.0 Å². The van der Waals surface area contributed by atoms with Crippen LogP contribution in [0.25, 0.3) is 16.6 Å². The predicted octanol–water partition coefficient (Wildman–Crippen LogP) is 3.33. The number of carbonyl (C=O) groups excluding carboxylic acids is 1. The number of anilines is 1. The molecule has 1 heterocycles. The molecule has 6 heteroatoms. The molecule has 2 aromatic carbocycles. The third-order valence-electron chi connectivity index (χ3n) is 3.45. The second kappa shape index (κ2) is 6.67. The molecule has 1 aromatic heterocycles. The molecule has 118 valence electrons. The Balaban J connectivity index is 1.81. The molecule has 0 saturated heterocycles. The van der Waals surface area contributed by atoms with Crippen LogP contribution in [-0.2, 0) is 4.74 Å². The molecule has 0 aliphatic rings. The number of hydrogen-bond donors (Lipinski definition) is 2. The van der Waals surface area contributed by atoms with E-state index in [0.717, 1.165) is 16.7 Å². The summed E-state index contributed by atoms with van der Waals surface area (Å²) in [6.45, 7) is 0. The third kappa shape index (κ3) is 3.10. The average Bonchev–Trinajstić information content (AvgIpc) is 3.06. The van der Waals surface area contributed by atoms with Crippen molar-refractivity contribution < 1.29 is 9.53 Å². The van der Waals surface area contributed by atoms with Crippen molar-refractivity contribution >= 4 is 28.3 Å². The molecule has 3 aromatic rings. The van der Waals surface area contributed by atoms with Crippen molar-refractivity contribution in [1.82, 2.24) is 9.97 Å². The van der Waals surface area contributed by atoms with Crippen LogP contribution >= 0.6 is 0 Å². The normalized spacial score (nSPS) is 11.1. The molecular formula is C18H14N4O2. The Morgan fingerprint density at radius 3 is 2.67 bits per heavy atom. The standard InChI is InChI=1S/C18H14N4O2/c1-24-18(23)12-6-8-14(9-7-12)20-11-13(10-19)17-21-15-4-2-3-5-16(15)22-17/h2-9,11,20H,1H3,(H,21,22). The zero-order valence-corrected chi connectivity index (χ0v) is 12.9. The zero-order chi connectivity index (χ0) is 16.9. The minimum atomic E-state index is -0.392. The first-order valence-electron chi connectivity index (χ1n) is 7.21. The fourth-order valence-corrected chi connectivity index (χ4v) is 2.21. The van der Waals surface area contributed by atoms with Gasteiger partial charge in [0, 0.05) is 11.9 Å². The number of ether oxygens (including phenoxy) is 1. The van der Waals surface area contributed by atoms with E-state index in [1.807, 2.05) is 24.3 Å². The Hall–Kier alpha value is -3.59. The van der Waals surface area contributed by atoms with Crippen LogP contribution in [0, 0.1) is 11.3 Å². The largest absolute Gasteiger partial charge is 0.465 e. The second-order valence-electron chi connectivity index (χ2n) is 4.99. The summed E-state index contributed by atoms with van der Waals surface area (Å²) < 4.78 is 4.65. The summed E-state index contributed by atoms with van der Waals surface area (Å²) in [5.74, 6) is 0.106. The highest BCUT2D eigenvalue weighted by molar-refractivity contribution is 5.89. The number of imidazole rings is 1. The summed E-state index contributed by atoms with van der Waals surface area (Å²) in [6, 6.07) is 16.5. The highest BCUT2D eigenvalue weighted by Gasteiger charge is 2.07. The van der Waals surface area contributed by atoms with Crippen molar-refractivity contribution in [3.8, 4) is 6.07 Å². The van der Waals surface area contributed by atoms with Crippen LogP contribution in [0.3, 0.4) is 0 Å². The molecule has 0 amide bonds. The number of esters is 1. The Bertz CT molecular complexity index is 916. The molecule has 0 fully saturated rings. The first-order valence-corrected chi connectivity index (χ1v) is 7.21. The number of methoxy groups -OCH3 is 1. The van der Waals surface area contributed by atoms with Gasteiger partial charge in [0.15, 0.2) is 5.82 Å². The molecule has 24 heavy (non-hydrogen) atoms. The van der Waals surface area contributed by atoms with Crippen molar-refractivity contribution in [2.75, 3.05) is 12.4 Å². The SMILES string of the molecule is COC(=O)c1ccc(NC=C(C#N)c2nc3ccccc3[nH]2)cc1. The molecule has 3 rings (SSSR count). The smallest absolute Gasteiger partial charge is 0.337 e. The fourth-order valence-electron chi connectivity index (χ4n) is 2.21. The number of allylic oxidation sites excluding steroid dienone is 1. The Morgan fingerprint density at radius 1 is 1.25 bits per heavy atom. The van der Waals surface area contributed by atoms with Gasteiger partial charge in [0.2, 0.25) is 0 Å². The minimum Gasteiger partial charge on any atom is -0.465 e. The molecule has 0 unspecified atom stereocenters. The number of rotatable bonds is 4. The second-order valence-corrected chi connectivity index (χ2v) is 4.99. The van der Waals surface area contributed by atoms with Crippen molar-refractivity contribution in [2.24, 2.45) is 0 Å². The highest BCUT2D eigenvalue weighted by atomic mass is 16.5. The Kier molecular flexibility index (Phi) is 4.25. The van der Waals surface area contributed by atoms with E-state index in [4.69, 9.17) is 0 Å². The number of aromatic amines is 1. The maximum atomic E-state index is 11.4. The molecular weight excluding hydrogens is 304 g/mol. The summed E-state index contributed by atoms with van der Waals surface area (Å²) in [6.07, 6.45) is 1.57. The molecule has 0 bridgehead atoms. The predicted molar refractivity (Wildman–Crippen MR) is 91.1 cm³/mol. The number of benzene rings is 2. The monoisotopic (exact) mass is 318 g/mol. The number of H-pyrrole nitrogens is 1. The number of nitrogens with zero attached hydrogens (tertiary/aromatic N) is 2. The molecule has 0 aliphatic carbocycles. The van der Waals surface area contributed by atoms with Gasteiger partial charge in [-0.2, -0.15) is 5.26 Å². The number of nitrogens with one attached hydrogen (secondary N) is 2. The lowest BCUT2D eigenvalue weighted by molar-refractivity contribution is 0.0601. The van der Waals surface area contributed by atoms with Crippen molar-refractivity contribution in [1.29, 1.82) is 5.26 Å². The number of fused-ring (bicyclic) bond motifs is 1. The van der Waals surface area contributed by atoms with Gasteiger partial charge in [0.05, 0.1) is 23.7 Å². The van der Waals surface area contributed by atoms with Gasteiger partial charge in [-0.1, -0.05) is 12.1 Å². The molecule has 0 atom stereocenters. The van der Waals surface area contributed by atoms with Gasteiger partial charge in [0.25, 0.3) is 0 Å². The minimum absolute atomic E-state index is 0.378. The first kappa shape index (κ1) is 15.3. The van der Waals surface area contributed by atoms with Crippen molar-refractivity contribution in [3.63, 3.8) is 0 Å². The number of hydrogen-bond acceptors (Lipinski definition) is 5. The number of nitriles is 1. The van der Waals surface area contributed by atoms with Gasteiger partial charge in [-0.25, -0.2) is 9.78 Å². The van der Waals surface area contributed by atoms with Crippen LogP contribution in [0.5, 0.6) is 0 Å². The van der Waals surface area contributed by atoms with E-state index in [2.05, 4.69) is 26.1 Å². The maximum absolute atomic E-state index is 11.4. The van der Waals surface area contributed by atoms with E-state index in [0.29, 0.717) is 17.0 Å². The third-order valence-corrected chi connectivity index (χ3v) is 3.45. The van der Waals surface area contributed by atoms with Crippen molar-refractivity contribution in [2.45, 2.75) is 0 Å². The quantitative estimate of drug-likeness (QED) is 0.569. The van der Waals surface area contributed by atoms with Gasteiger partial charge in [-0.3, -0.25) is 0 Å². The molecule has 2 N–H and O–H groups in total. The van der Waals surface area contributed by atoms with Gasteiger partial charge in [-0.15, -0.1) is 0 Å². The summed E-state index contributed by atoms with van der Waals surface area (Å²) in [7, 11) is 1.34. The van der Waals surface area contributed by atoms with Gasteiger partial charge in [0.1, 0.15) is 11.6 Å². The van der Waals surface area contributed by atoms with Crippen LogP contribution in [0.1, 0.15) is 16.2 Å². The van der Waals surface area contributed by atoms with Gasteiger partial charge in [-0.05, 0) is 36.4 Å². The topological polar surface area (TPSA) is 90.8 Å². The lowest BCUT2D eigenvalue weighted by Crippen LogP contribution is -2.01. The Morgan fingerprint density at radius 2 is 2.00 bits per heavy atom. The lowest BCUT2D eigenvalue weighted by atomic mass is 10.2. The summed E-state index contributed by atoms with van der Waals surface area (Å²) in [5.41, 5.74) is 3.26. The van der Waals surface area contributed by atoms with Crippen LogP contribution in [0.2, 0.25) is 0 Å². The average molecular weight is 318 g/mol. The van der Waals surface area contributed by atoms with E-state index in [9.17, 15) is 10.1 Å². The zero-order valence-electron chi connectivity index (χ0n) is 12.9.